The molecule has 1 aromatic carbocycles. The minimum Gasteiger partial charge on any atom is -0.364 e. The van der Waals surface area contributed by atoms with Crippen molar-refractivity contribution in [3.63, 3.8) is 0 Å². The van der Waals surface area contributed by atoms with Gasteiger partial charge in [0.2, 0.25) is 0 Å². The number of pyridine rings is 1. The van der Waals surface area contributed by atoms with E-state index in [1.807, 2.05) is 0 Å². The van der Waals surface area contributed by atoms with E-state index in [-0.39, 0.29) is 34.1 Å². The highest BCUT2D eigenvalue weighted by Gasteiger charge is 2.33. The zero-order valence-electron chi connectivity index (χ0n) is 15.5. The fraction of sp³-hybridized carbons (Fsp3) is 0.158. The number of anilines is 1. The molecule has 0 aliphatic carbocycles. The highest BCUT2D eigenvalue weighted by atomic mass is 35.5. The van der Waals surface area contributed by atoms with E-state index in [4.69, 9.17) is 11.6 Å². The molecule has 7 nitrogen and oxygen atoms in total. The lowest BCUT2D eigenvalue weighted by atomic mass is 10.2. The number of nitrogens with zero attached hydrogens (tertiary/aromatic N) is 5. The van der Waals surface area contributed by atoms with Gasteiger partial charge in [0.25, 0.3) is 0 Å². The van der Waals surface area contributed by atoms with Crippen LogP contribution in [0.3, 0.4) is 0 Å². The minimum atomic E-state index is -4.68. The molecule has 0 unspecified atom stereocenters. The molecule has 3 aromatic heterocycles. The largest absolute Gasteiger partial charge is 0.433 e. The smallest absolute Gasteiger partial charge is 0.364 e. The van der Waals surface area contributed by atoms with Gasteiger partial charge in [0.15, 0.2) is 5.65 Å². The van der Waals surface area contributed by atoms with Crippen molar-refractivity contribution < 1.29 is 13.2 Å². The van der Waals surface area contributed by atoms with Gasteiger partial charge in [0.1, 0.15) is 11.5 Å². The molecule has 0 fully saturated rings. The molecule has 0 aliphatic heterocycles. The van der Waals surface area contributed by atoms with Crippen molar-refractivity contribution in [1.82, 2.24) is 24.3 Å². The lowest BCUT2D eigenvalue weighted by molar-refractivity contribution is -0.141. The van der Waals surface area contributed by atoms with Gasteiger partial charge in [-0.15, -0.1) is 0 Å². The van der Waals surface area contributed by atoms with Gasteiger partial charge in [0.05, 0.1) is 28.3 Å². The van der Waals surface area contributed by atoms with Crippen LogP contribution in [0.5, 0.6) is 0 Å². The third kappa shape index (κ3) is 3.73. The molecule has 0 radical (unpaired) electrons. The quantitative estimate of drug-likeness (QED) is 0.528. The van der Waals surface area contributed by atoms with Crippen molar-refractivity contribution in [2.24, 2.45) is 7.05 Å². The van der Waals surface area contributed by atoms with E-state index in [0.717, 1.165) is 10.6 Å². The van der Waals surface area contributed by atoms with E-state index in [0.29, 0.717) is 5.69 Å². The first-order valence-corrected chi connectivity index (χ1v) is 9.10. The maximum Gasteiger partial charge on any atom is 0.433 e. The van der Waals surface area contributed by atoms with Crippen molar-refractivity contribution in [2.75, 3.05) is 5.32 Å². The van der Waals surface area contributed by atoms with Crippen LogP contribution in [-0.2, 0) is 19.8 Å². The summed E-state index contributed by atoms with van der Waals surface area (Å²) in [5.41, 5.74) is -1.29. The third-order valence-electron chi connectivity index (χ3n) is 4.33. The van der Waals surface area contributed by atoms with Crippen LogP contribution >= 0.6 is 11.6 Å². The summed E-state index contributed by atoms with van der Waals surface area (Å²) in [5, 5.41) is 7.58. The Bertz CT molecular complexity index is 1300. The molecule has 4 rings (SSSR count). The Morgan fingerprint density at radius 3 is 2.53 bits per heavy atom. The van der Waals surface area contributed by atoms with E-state index < -0.39 is 17.6 Å². The number of rotatable bonds is 4. The van der Waals surface area contributed by atoms with Crippen LogP contribution in [-0.4, -0.2) is 24.3 Å². The van der Waals surface area contributed by atoms with Crippen LogP contribution in [0.25, 0.3) is 16.7 Å². The molecular formula is C19H14ClF3N6O. The van der Waals surface area contributed by atoms with Gasteiger partial charge in [-0.2, -0.15) is 23.3 Å². The second kappa shape index (κ2) is 7.45. The molecule has 3 heterocycles. The molecule has 0 amide bonds. The van der Waals surface area contributed by atoms with E-state index in [1.54, 1.807) is 36.1 Å². The molecule has 11 heteroatoms. The summed E-state index contributed by atoms with van der Waals surface area (Å²) in [4.78, 5) is 20.5. The molecule has 0 bridgehead atoms. The number of aromatic nitrogens is 5. The first kappa shape index (κ1) is 19.9. The molecule has 0 saturated carbocycles. The molecule has 1 N–H and O–H groups in total. The predicted molar refractivity (Wildman–Crippen MR) is 106 cm³/mol. The standard InChI is InChI=1S/C19H14ClF3N6O/c1-28-9-8-11(27-28)10-24-16-12-6-7-15(19(21,22)23)25-17(12)29(18(30)26-16)14-5-3-2-4-13(14)20/h2-9H,10H2,1H3,(H,24,26,30). The molecule has 0 atom stereocenters. The Kier molecular flexibility index (Phi) is 4.94. The molecule has 30 heavy (non-hydrogen) atoms. The fourth-order valence-electron chi connectivity index (χ4n) is 2.97. The van der Waals surface area contributed by atoms with Crippen molar-refractivity contribution >= 4 is 28.5 Å². The Morgan fingerprint density at radius 1 is 1.10 bits per heavy atom. The normalized spacial score (nSPS) is 11.8. The van der Waals surface area contributed by atoms with Crippen molar-refractivity contribution in [3.05, 3.63) is 75.6 Å². The summed E-state index contributed by atoms with van der Waals surface area (Å²) >= 11 is 6.18. The van der Waals surface area contributed by atoms with E-state index in [1.165, 1.54) is 18.2 Å². The molecule has 4 aromatic rings. The SMILES string of the molecule is Cn1ccc(CNc2nc(=O)n(-c3ccccc3Cl)c3nc(C(F)(F)F)ccc23)n1. The Balaban J connectivity index is 1.92. The number of benzene rings is 1. The maximum absolute atomic E-state index is 13.3. The highest BCUT2D eigenvalue weighted by Crippen LogP contribution is 2.31. The number of aryl methyl sites for hydroxylation is 1. The number of fused-ring (bicyclic) bond motifs is 1. The maximum atomic E-state index is 13.3. The van der Waals surface area contributed by atoms with Gasteiger partial charge in [-0.3, -0.25) is 4.68 Å². The van der Waals surface area contributed by atoms with Crippen LogP contribution in [0.15, 0.2) is 53.5 Å². The summed E-state index contributed by atoms with van der Waals surface area (Å²) < 4.78 is 42.4. The number of alkyl halides is 3. The topological polar surface area (TPSA) is 77.6 Å². The number of nitrogens with one attached hydrogen (secondary N) is 1. The Labute approximate surface area is 172 Å². The second-order valence-electron chi connectivity index (χ2n) is 6.43. The minimum absolute atomic E-state index is 0.102. The first-order chi connectivity index (χ1) is 14.2. The molecule has 154 valence electrons. The van der Waals surface area contributed by atoms with Gasteiger partial charge in [-0.25, -0.2) is 14.3 Å². The first-order valence-electron chi connectivity index (χ1n) is 8.72. The van der Waals surface area contributed by atoms with Crippen LogP contribution in [0.2, 0.25) is 5.02 Å². The number of halogens is 4. The summed E-state index contributed by atoms with van der Waals surface area (Å²) in [6.45, 7) is 0.222. The molecule has 0 aliphatic rings. The van der Waals surface area contributed by atoms with E-state index in [9.17, 15) is 18.0 Å². The predicted octanol–water partition coefficient (Wildman–Crippen LogP) is 3.80. The number of hydrogen-bond donors (Lipinski definition) is 1. The Hall–Kier alpha value is -3.40. The van der Waals surface area contributed by atoms with Crippen LogP contribution in [0.4, 0.5) is 19.0 Å². The molecular weight excluding hydrogens is 421 g/mol. The lowest BCUT2D eigenvalue weighted by Crippen LogP contribution is -2.25. The van der Waals surface area contributed by atoms with Crippen molar-refractivity contribution in [1.29, 1.82) is 0 Å². The average molecular weight is 435 g/mol. The number of hydrogen-bond acceptors (Lipinski definition) is 5. The van der Waals surface area contributed by atoms with Gasteiger partial charge in [-0.1, -0.05) is 23.7 Å². The molecule has 0 spiro atoms. The van der Waals surface area contributed by atoms with Gasteiger partial charge >= 0.3 is 11.9 Å². The van der Waals surface area contributed by atoms with E-state index in [2.05, 4.69) is 20.4 Å². The van der Waals surface area contributed by atoms with Crippen LogP contribution in [0, 0.1) is 0 Å². The summed E-state index contributed by atoms with van der Waals surface area (Å²) in [5.74, 6) is 0.102. The summed E-state index contributed by atoms with van der Waals surface area (Å²) in [6.07, 6.45) is -2.94. The average Bonchev–Trinajstić information content (AvgIpc) is 3.11. The third-order valence-corrected chi connectivity index (χ3v) is 4.65. The Morgan fingerprint density at radius 2 is 1.87 bits per heavy atom. The van der Waals surface area contributed by atoms with Crippen molar-refractivity contribution in [2.45, 2.75) is 12.7 Å². The van der Waals surface area contributed by atoms with E-state index >= 15 is 0 Å². The summed E-state index contributed by atoms with van der Waals surface area (Å²) in [7, 11) is 1.75. The zero-order valence-corrected chi connectivity index (χ0v) is 16.2. The number of para-hydroxylation sites is 1. The summed E-state index contributed by atoms with van der Waals surface area (Å²) in [6, 6.07) is 10.1. The van der Waals surface area contributed by atoms with Gasteiger partial charge in [0, 0.05) is 13.2 Å². The monoisotopic (exact) mass is 434 g/mol. The molecule has 0 saturated heterocycles. The van der Waals surface area contributed by atoms with Crippen molar-refractivity contribution in [3.8, 4) is 5.69 Å². The second-order valence-corrected chi connectivity index (χ2v) is 6.84. The highest BCUT2D eigenvalue weighted by molar-refractivity contribution is 6.32. The fourth-order valence-corrected chi connectivity index (χ4v) is 3.19. The van der Waals surface area contributed by atoms with Crippen LogP contribution < -0.4 is 11.0 Å². The van der Waals surface area contributed by atoms with Gasteiger partial charge < -0.3 is 5.32 Å². The lowest BCUT2D eigenvalue weighted by Gasteiger charge is -2.15. The van der Waals surface area contributed by atoms with Crippen LogP contribution in [0.1, 0.15) is 11.4 Å². The zero-order chi connectivity index (χ0) is 21.5. The van der Waals surface area contributed by atoms with Gasteiger partial charge in [-0.05, 0) is 30.3 Å².